The summed E-state index contributed by atoms with van der Waals surface area (Å²) in [4.78, 5) is 29.1. The average Bonchev–Trinajstić information content (AvgIpc) is 3.09. The van der Waals surface area contributed by atoms with E-state index in [1.807, 2.05) is 31.5 Å². The Hall–Kier alpha value is -2.68. The first-order valence-corrected chi connectivity index (χ1v) is 8.35. The summed E-state index contributed by atoms with van der Waals surface area (Å²) < 4.78 is 3.24. The molecule has 0 spiro atoms. The van der Waals surface area contributed by atoms with Gasteiger partial charge in [-0.05, 0) is 26.8 Å². The second-order valence-electron chi connectivity index (χ2n) is 5.64. The topological polar surface area (TPSA) is 93.3 Å². The van der Waals surface area contributed by atoms with Crippen LogP contribution in [-0.4, -0.2) is 31.2 Å². The highest BCUT2D eigenvalue weighted by Crippen LogP contribution is 2.08. The predicted octanol–water partition coefficient (Wildman–Crippen LogP) is 1.78. The minimum absolute atomic E-state index is 0.140. The van der Waals surface area contributed by atoms with Gasteiger partial charge < -0.3 is 10.6 Å². The second kappa shape index (κ2) is 6.44. The summed E-state index contributed by atoms with van der Waals surface area (Å²) in [5.74, 6) is 0. The van der Waals surface area contributed by atoms with Gasteiger partial charge in [0.15, 0.2) is 4.96 Å². The van der Waals surface area contributed by atoms with Gasteiger partial charge in [-0.3, -0.25) is 13.9 Å². The van der Waals surface area contributed by atoms with E-state index in [2.05, 4.69) is 20.7 Å². The Labute approximate surface area is 142 Å². The van der Waals surface area contributed by atoms with Crippen LogP contribution >= 0.6 is 11.3 Å². The zero-order chi connectivity index (χ0) is 17.3. The minimum atomic E-state index is -0.446. The van der Waals surface area contributed by atoms with Crippen molar-refractivity contribution in [3.8, 4) is 0 Å². The van der Waals surface area contributed by atoms with E-state index in [-0.39, 0.29) is 17.3 Å². The van der Waals surface area contributed by atoms with E-state index in [0.29, 0.717) is 11.5 Å². The van der Waals surface area contributed by atoms with Crippen molar-refractivity contribution >= 4 is 28.0 Å². The molecule has 0 aliphatic heterocycles. The van der Waals surface area contributed by atoms with Gasteiger partial charge in [0.2, 0.25) is 0 Å². The number of hydrogen-bond acceptors (Lipinski definition) is 5. The van der Waals surface area contributed by atoms with Crippen LogP contribution in [0.3, 0.4) is 0 Å². The van der Waals surface area contributed by atoms with Crippen LogP contribution in [0.4, 0.5) is 10.5 Å². The molecule has 0 aromatic carbocycles. The standard InChI is InChI=1S/C15H18N6O2S/c1-9-6-11(3)21(19-9)8-10(2)17-14(23)18-12-7-16-15-20(13(12)22)4-5-24-15/h4-7,10H,8H2,1-3H3,(H2,17,18,23). The van der Waals surface area contributed by atoms with Gasteiger partial charge in [-0.2, -0.15) is 5.10 Å². The molecule has 8 nitrogen and oxygen atoms in total. The maximum atomic E-state index is 12.2. The Morgan fingerprint density at radius 3 is 2.92 bits per heavy atom. The number of nitrogens with zero attached hydrogens (tertiary/aromatic N) is 4. The molecular formula is C15H18N6O2S. The molecule has 0 bridgehead atoms. The molecule has 2 amide bonds. The number of anilines is 1. The van der Waals surface area contributed by atoms with Crippen molar-refractivity contribution in [1.82, 2.24) is 24.5 Å². The van der Waals surface area contributed by atoms with Crippen LogP contribution in [-0.2, 0) is 6.54 Å². The summed E-state index contributed by atoms with van der Waals surface area (Å²) in [5.41, 5.74) is 1.81. The first kappa shape index (κ1) is 16.2. The van der Waals surface area contributed by atoms with Gasteiger partial charge in [-0.25, -0.2) is 9.78 Å². The summed E-state index contributed by atoms with van der Waals surface area (Å²) >= 11 is 1.36. The SMILES string of the molecule is Cc1cc(C)n(CC(C)NC(=O)Nc2cnc3sccn3c2=O)n1. The molecule has 0 saturated heterocycles. The van der Waals surface area contributed by atoms with Crippen LogP contribution in [0.15, 0.2) is 28.6 Å². The van der Waals surface area contributed by atoms with Gasteiger partial charge in [0.25, 0.3) is 5.56 Å². The van der Waals surface area contributed by atoms with Crippen LogP contribution in [0.2, 0.25) is 0 Å². The number of aromatic nitrogens is 4. The van der Waals surface area contributed by atoms with Crippen LogP contribution in [0.25, 0.3) is 4.96 Å². The van der Waals surface area contributed by atoms with E-state index in [4.69, 9.17) is 0 Å². The number of amides is 2. The molecule has 0 radical (unpaired) electrons. The number of fused-ring (bicyclic) bond motifs is 1. The molecule has 3 aromatic heterocycles. The molecule has 1 atom stereocenters. The van der Waals surface area contributed by atoms with Gasteiger partial charge in [0.05, 0.1) is 18.4 Å². The summed E-state index contributed by atoms with van der Waals surface area (Å²) in [6.07, 6.45) is 3.00. The highest BCUT2D eigenvalue weighted by Gasteiger charge is 2.13. The Balaban J connectivity index is 1.65. The fraction of sp³-hybridized carbons (Fsp3) is 0.333. The van der Waals surface area contributed by atoms with E-state index in [1.165, 1.54) is 21.9 Å². The Kier molecular flexibility index (Phi) is 4.34. The smallest absolute Gasteiger partial charge is 0.319 e. The summed E-state index contributed by atoms with van der Waals surface area (Å²) in [5, 5.41) is 11.5. The number of carbonyl (C=O) groups excluding carboxylic acids is 1. The number of aryl methyl sites for hydroxylation is 2. The number of urea groups is 1. The molecule has 126 valence electrons. The molecule has 2 N–H and O–H groups in total. The zero-order valence-corrected chi connectivity index (χ0v) is 14.4. The first-order chi connectivity index (χ1) is 11.4. The van der Waals surface area contributed by atoms with Crippen molar-refractivity contribution in [3.05, 3.63) is 45.6 Å². The molecule has 0 aliphatic rings. The average molecular weight is 346 g/mol. The van der Waals surface area contributed by atoms with Gasteiger partial charge in [-0.1, -0.05) is 0 Å². The van der Waals surface area contributed by atoms with Crippen LogP contribution in [0.1, 0.15) is 18.3 Å². The molecule has 0 saturated carbocycles. The molecule has 3 aromatic rings. The highest BCUT2D eigenvalue weighted by atomic mass is 32.1. The van der Waals surface area contributed by atoms with Crippen molar-refractivity contribution in [2.45, 2.75) is 33.4 Å². The fourth-order valence-electron chi connectivity index (χ4n) is 2.46. The van der Waals surface area contributed by atoms with Gasteiger partial charge in [0, 0.05) is 23.3 Å². The van der Waals surface area contributed by atoms with E-state index in [0.717, 1.165) is 11.4 Å². The number of hydrogen-bond donors (Lipinski definition) is 2. The lowest BCUT2D eigenvalue weighted by Crippen LogP contribution is -2.40. The van der Waals surface area contributed by atoms with Gasteiger partial charge in [0.1, 0.15) is 5.69 Å². The lowest BCUT2D eigenvalue weighted by molar-refractivity contribution is 0.247. The van der Waals surface area contributed by atoms with E-state index in [9.17, 15) is 9.59 Å². The largest absolute Gasteiger partial charge is 0.334 e. The monoisotopic (exact) mass is 346 g/mol. The highest BCUT2D eigenvalue weighted by molar-refractivity contribution is 7.15. The third-order valence-electron chi connectivity index (χ3n) is 3.52. The minimum Gasteiger partial charge on any atom is -0.334 e. The van der Waals surface area contributed by atoms with E-state index >= 15 is 0 Å². The quantitative estimate of drug-likeness (QED) is 0.753. The van der Waals surface area contributed by atoms with Crippen molar-refractivity contribution in [3.63, 3.8) is 0 Å². The molecule has 0 fully saturated rings. The van der Waals surface area contributed by atoms with E-state index in [1.54, 1.807) is 11.6 Å². The van der Waals surface area contributed by atoms with Crippen LogP contribution in [0.5, 0.6) is 0 Å². The fourth-order valence-corrected chi connectivity index (χ4v) is 3.13. The molecular weight excluding hydrogens is 328 g/mol. The normalized spacial score (nSPS) is 12.3. The third kappa shape index (κ3) is 3.30. The molecule has 3 rings (SSSR count). The lowest BCUT2D eigenvalue weighted by Gasteiger charge is -2.15. The van der Waals surface area contributed by atoms with Gasteiger partial charge >= 0.3 is 6.03 Å². The summed E-state index contributed by atoms with van der Waals surface area (Å²) in [6.45, 7) is 6.32. The summed E-state index contributed by atoms with van der Waals surface area (Å²) in [6, 6.07) is 1.39. The van der Waals surface area contributed by atoms with Crippen LogP contribution in [0, 0.1) is 13.8 Å². The van der Waals surface area contributed by atoms with Crippen molar-refractivity contribution in [1.29, 1.82) is 0 Å². The number of rotatable bonds is 4. The molecule has 9 heteroatoms. The number of nitrogens with one attached hydrogen (secondary N) is 2. The number of thiazole rings is 1. The molecule has 1 unspecified atom stereocenters. The zero-order valence-electron chi connectivity index (χ0n) is 13.6. The number of carbonyl (C=O) groups is 1. The summed E-state index contributed by atoms with van der Waals surface area (Å²) in [7, 11) is 0. The molecule has 3 heterocycles. The van der Waals surface area contributed by atoms with Crippen molar-refractivity contribution in [2.24, 2.45) is 0 Å². The maximum Gasteiger partial charge on any atom is 0.319 e. The van der Waals surface area contributed by atoms with Gasteiger partial charge in [-0.15, -0.1) is 11.3 Å². The first-order valence-electron chi connectivity index (χ1n) is 7.47. The van der Waals surface area contributed by atoms with Crippen molar-refractivity contribution < 1.29 is 4.79 Å². The van der Waals surface area contributed by atoms with E-state index < -0.39 is 6.03 Å². The lowest BCUT2D eigenvalue weighted by atomic mass is 10.3. The predicted molar refractivity (Wildman–Crippen MR) is 92.7 cm³/mol. The van der Waals surface area contributed by atoms with Crippen molar-refractivity contribution in [2.75, 3.05) is 5.32 Å². The Morgan fingerprint density at radius 2 is 2.21 bits per heavy atom. The molecule has 24 heavy (non-hydrogen) atoms. The second-order valence-corrected chi connectivity index (χ2v) is 6.51. The molecule has 0 aliphatic carbocycles. The maximum absolute atomic E-state index is 12.2. The third-order valence-corrected chi connectivity index (χ3v) is 4.29. The Bertz CT molecular complexity index is 941. The Morgan fingerprint density at radius 1 is 1.42 bits per heavy atom. The van der Waals surface area contributed by atoms with Crippen LogP contribution < -0.4 is 16.2 Å².